The third-order valence-electron chi connectivity index (χ3n) is 1.98. The summed E-state index contributed by atoms with van der Waals surface area (Å²) in [5, 5.41) is 18.9. The van der Waals surface area contributed by atoms with Crippen molar-refractivity contribution in [1.29, 1.82) is 0 Å². The first kappa shape index (κ1) is 8.77. The summed E-state index contributed by atoms with van der Waals surface area (Å²) in [6, 6.07) is 5.61. The van der Waals surface area contributed by atoms with Crippen LogP contribution in [-0.2, 0) is 6.61 Å². The van der Waals surface area contributed by atoms with E-state index in [1.165, 1.54) is 18.2 Å². The molecule has 72 valence electrons. The van der Waals surface area contributed by atoms with Crippen LogP contribution in [0.2, 0.25) is 0 Å². The van der Waals surface area contributed by atoms with E-state index in [2.05, 4.69) is 0 Å². The van der Waals surface area contributed by atoms with E-state index in [0.717, 1.165) is 0 Å². The average Bonchev–Trinajstić information content (AvgIpc) is 2.15. The smallest absolute Gasteiger partial charge is 0.336 e. The minimum absolute atomic E-state index is 0.0316. The molecule has 0 atom stereocenters. The van der Waals surface area contributed by atoms with Crippen molar-refractivity contribution in [3.05, 3.63) is 40.2 Å². The lowest BCUT2D eigenvalue weighted by Gasteiger charge is -2.02. The van der Waals surface area contributed by atoms with Crippen LogP contribution in [0.15, 0.2) is 33.5 Å². The number of hydrogen-bond acceptors (Lipinski definition) is 4. The minimum Gasteiger partial charge on any atom is -0.508 e. The van der Waals surface area contributed by atoms with Crippen LogP contribution in [0.4, 0.5) is 0 Å². The summed E-state index contributed by atoms with van der Waals surface area (Å²) >= 11 is 0. The second kappa shape index (κ2) is 3.16. The molecule has 14 heavy (non-hydrogen) atoms. The number of aliphatic hydroxyl groups is 1. The summed E-state index contributed by atoms with van der Waals surface area (Å²) in [6.07, 6.45) is 0. The SMILES string of the molecule is O=c1ccc2c(CO)cc(O)cc2o1. The fraction of sp³-hybridized carbons (Fsp3) is 0.100. The van der Waals surface area contributed by atoms with Gasteiger partial charge in [-0.2, -0.15) is 0 Å². The molecule has 0 saturated carbocycles. The van der Waals surface area contributed by atoms with Crippen LogP contribution in [-0.4, -0.2) is 10.2 Å². The number of benzene rings is 1. The molecule has 2 rings (SSSR count). The predicted octanol–water partition coefficient (Wildman–Crippen LogP) is 0.991. The van der Waals surface area contributed by atoms with Gasteiger partial charge in [-0.15, -0.1) is 0 Å². The van der Waals surface area contributed by atoms with E-state index in [9.17, 15) is 9.90 Å². The summed E-state index contributed by atoms with van der Waals surface area (Å²) in [5.41, 5.74) is 0.331. The van der Waals surface area contributed by atoms with Crippen molar-refractivity contribution in [2.75, 3.05) is 0 Å². The lowest BCUT2D eigenvalue weighted by molar-refractivity contribution is 0.282. The number of hydrogen-bond donors (Lipinski definition) is 2. The maximum Gasteiger partial charge on any atom is 0.336 e. The van der Waals surface area contributed by atoms with Crippen LogP contribution < -0.4 is 5.63 Å². The van der Waals surface area contributed by atoms with Gasteiger partial charge in [-0.3, -0.25) is 0 Å². The Morgan fingerprint density at radius 2 is 2.07 bits per heavy atom. The molecular weight excluding hydrogens is 184 g/mol. The standard InChI is InChI=1S/C10H8O4/c11-5-6-3-7(12)4-9-8(6)1-2-10(13)14-9/h1-4,11-12H,5H2. The van der Waals surface area contributed by atoms with Crippen LogP contribution in [0.1, 0.15) is 5.56 Å². The lowest BCUT2D eigenvalue weighted by Crippen LogP contribution is -1.96. The van der Waals surface area contributed by atoms with Gasteiger partial charge in [-0.1, -0.05) is 0 Å². The zero-order valence-corrected chi connectivity index (χ0v) is 7.23. The molecule has 0 saturated heterocycles. The Bertz CT molecular complexity index is 527. The van der Waals surface area contributed by atoms with Crippen LogP contribution in [0.25, 0.3) is 11.0 Å². The van der Waals surface area contributed by atoms with Gasteiger partial charge in [0, 0.05) is 17.5 Å². The monoisotopic (exact) mass is 192 g/mol. The van der Waals surface area contributed by atoms with E-state index >= 15 is 0 Å². The molecule has 0 radical (unpaired) electrons. The molecule has 2 N–H and O–H groups in total. The van der Waals surface area contributed by atoms with Crippen molar-refractivity contribution in [3.8, 4) is 5.75 Å². The Balaban J connectivity index is 2.87. The fourth-order valence-electron chi connectivity index (χ4n) is 1.37. The van der Waals surface area contributed by atoms with E-state index in [1.807, 2.05) is 0 Å². The number of aromatic hydroxyl groups is 1. The highest BCUT2D eigenvalue weighted by molar-refractivity contribution is 5.81. The normalized spacial score (nSPS) is 10.6. The highest BCUT2D eigenvalue weighted by Gasteiger charge is 2.04. The Kier molecular flexibility index (Phi) is 1.98. The third-order valence-corrected chi connectivity index (χ3v) is 1.98. The number of aliphatic hydroxyl groups excluding tert-OH is 1. The second-order valence-electron chi connectivity index (χ2n) is 2.93. The topological polar surface area (TPSA) is 70.7 Å². The van der Waals surface area contributed by atoms with Crippen molar-refractivity contribution in [3.63, 3.8) is 0 Å². The molecule has 2 aromatic rings. The van der Waals surface area contributed by atoms with Crippen molar-refractivity contribution in [2.45, 2.75) is 6.61 Å². The first-order valence-electron chi connectivity index (χ1n) is 4.07. The molecule has 0 aliphatic rings. The van der Waals surface area contributed by atoms with Crippen molar-refractivity contribution in [2.24, 2.45) is 0 Å². The largest absolute Gasteiger partial charge is 0.508 e. The molecule has 0 aliphatic carbocycles. The van der Waals surface area contributed by atoms with Gasteiger partial charge in [0.1, 0.15) is 11.3 Å². The van der Waals surface area contributed by atoms with Crippen molar-refractivity contribution in [1.82, 2.24) is 0 Å². The summed E-state index contributed by atoms with van der Waals surface area (Å²) in [5.74, 6) is -0.0316. The molecule has 0 bridgehead atoms. The summed E-state index contributed by atoms with van der Waals surface area (Å²) in [4.78, 5) is 10.9. The first-order chi connectivity index (χ1) is 6.70. The van der Waals surface area contributed by atoms with E-state index < -0.39 is 5.63 Å². The zero-order chi connectivity index (χ0) is 10.1. The van der Waals surface area contributed by atoms with E-state index in [-0.39, 0.29) is 17.9 Å². The molecule has 0 spiro atoms. The molecule has 4 heteroatoms. The van der Waals surface area contributed by atoms with E-state index in [0.29, 0.717) is 10.9 Å². The number of rotatable bonds is 1. The van der Waals surface area contributed by atoms with Gasteiger partial charge < -0.3 is 14.6 Å². The van der Waals surface area contributed by atoms with Gasteiger partial charge in [-0.25, -0.2) is 4.79 Å². The van der Waals surface area contributed by atoms with Crippen LogP contribution >= 0.6 is 0 Å². The Hall–Kier alpha value is -1.81. The molecular formula is C10H8O4. The third kappa shape index (κ3) is 1.36. The van der Waals surface area contributed by atoms with Gasteiger partial charge in [0.05, 0.1) is 6.61 Å². The van der Waals surface area contributed by atoms with Crippen LogP contribution in [0.5, 0.6) is 5.75 Å². The Labute approximate surface area is 79.0 Å². The van der Waals surface area contributed by atoms with Crippen molar-refractivity contribution < 1.29 is 14.6 Å². The highest BCUT2D eigenvalue weighted by Crippen LogP contribution is 2.23. The molecule has 1 aromatic heterocycles. The fourth-order valence-corrected chi connectivity index (χ4v) is 1.37. The lowest BCUT2D eigenvalue weighted by atomic mass is 10.1. The van der Waals surface area contributed by atoms with E-state index in [1.54, 1.807) is 6.07 Å². The predicted molar refractivity (Wildman–Crippen MR) is 50.1 cm³/mol. The van der Waals surface area contributed by atoms with Gasteiger partial charge in [0.15, 0.2) is 0 Å². The molecule has 4 nitrogen and oxygen atoms in total. The van der Waals surface area contributed by atoms with Crippen LogP contribution in [0, 0.1) is 0 Å². The second-order valence-corrected chi connectivity index (χ2v) is 2.93. The van der Waals surface area contributed by atoms with Crippen molar-refractivity contribution >= 4 is 11.0 Å². The molecule has 0 amide bonds. The molecule has 0 fully saturated rings. The number of fused-ring (bicyclic) bond motifs is 1. The highest BCUT2D eigenvalue weighted by atomic mass is 16.4. The number of phenolic OH excluding ortho intramolecular Hbond substituents is 1. The Morgan fingerprint density at radius 1 is 1.29 bits per heavy atom. The summed E-state index contributed by atoms with van der Waals surface area (Å²) in [7, 11) is 0. The van der Waals surface area contributed by atoms with E-state index in [4.69, 9.17) is 9.52 Å². The molecule has 0 unspecified atom stereocenters. The zero-order valence-electron chi connectivity index (χ0n) is 7.23. The molecule has 0 aliphatic heterocycles. The molecule has 1 heterocycles. The quantitative estimate of drug-likeness (QED) is 0.661. The maximum atomic E-state index is 10.9. The summed E-state index contributed by atoms with van der Waals surface area (Å²) in [6.45, 7) is -0.210. The van der Waals surface area contributed by atoms with Gasteiger partial charge in [-0.05, 0) is 17.7 Å². The maximum absolute atomic E-state index is 10.9. The average molecular weight is 192 g/mol. The first-order valence-corrected chi connectivity index (χ1v) is 4.07. The van der Waals surface area contributed by atoms with Gasteiger partial charge in [0.2, 0.25) is 0 Å². The van der Waals surface area contributed by atoms with Gasteiger partial charge >= 0.3 is 5.63 Å². The number of phenols is 1. The summed E-state index contributed by atoms with van der Waals surface area (Å²) < 4.78 is 4.86. The Morgan fingerprint density at radius 3 is 2.79 bits per heavy atom. The minimum atomic E-state index is -0.480. The van der Waals surface area contributed by atoms with Gasteiger partial charge in [0.25, 0.3) is 0 Å². The molecule has 1 aromatic carbocycles. The van der Waals surface area contributed by atoms with Crippen LogP contribution in [0.3, 0.4) is 0 Å².